The molecular weight excluding hydrogens is 306 g/mol. The molecule has 5 nitrogen and oxygen atoms in total. The Morgan fingerprint density at radius 2 is 1.54 bits per heavy atom. The van der Waals surface area contributed by atoms with Crippen molar-refractivity contribution in [1.29, 1.82) is 0 Å². The molecule has 0 saturated heterocycles. The molecule has 126 valence electrons. The fraction of sp³-hybridized carbons (Fsp3) is 0.263. The molecule has 0 saturated carbocycles. The van der Waals surface area contributed by atoms with Crippen molar-refractivity contribution in [2.45, 2.75) is 31.9 Å². The van der Waals surface area contributed by atoms with Crippen molar-refractivity contribution in [2.75, 3.05) is 0 Å². The molecule has 0 spiro atoms. The number of rotatable bonds is 7. The molecule has 0 aliphatic carbocycles. The molecule has 1 atom stereocenters. The molecular formula is C19H21NO4. The highest BCUT2D eigenvalue weighted by Crippen LogP contribution is 2.15. The minimum Gasteiger partial charge on any atom is -0.480 e. The van der Waals surface area contributed by atoms with E-state index in [9.17, 15) is 14.7 Å². The van der Waals surface area contributed by atoms with Crippen LogP contribution in [0, 0.1) is 0 Å². The van der Waals surface area contributed by atoms with Crippen molar-refractivity contribution >= 4 is 12.1 Å². The van der Waals surface area contributed by atoms with E-state index in [2.05, 4.69) is 5.32 Å². The molecule has 2 aromatic rings. The van der Waals surface area contributed by atoms with Gasteiger partial charge in [0.25, 0.3) is 0 Å². The Morgan fingerprint density at radius 3 is 2.08 bits per heavy atom. The highest BCUT2D eigenvalue weighted by Gasteiger charge is 2.35. The third-order valence-corrected chi connectivity index (χ3v) is 3.82. The molecule has 2 N–H and O–H groups in total. The summed E-state index contributed by atoms with van der Waals surface area (Å²) >= 11 is 0. The molecule has 24 heavy (non-hydrogen) atoms. The van der Waals surface area contributed by atoms with Gasteiger partial charge < -0.3 is 15.2 Å². The number of carbonyl (C=O) groups excluding carboxylic acids is 1. The van der Waals surface area contributed by atoms with E-state index in [1.165, 1.54) is 6.92 Å². The van der Waals surface area contributed by atoms with Gasteiger partial charge in [0.1, 0.15) is 12.1 Å². The molecule has 0 heterocycles. The number of benzene rings is 2. The number of alkyl carbamates (subject to hydrolysis) is 1. The molecule has 0 aliphatic rings. The quantitative estimate of drug-likeness (QED) is 0.817. The van der Waals surface area contributed by atoms with Gasteiger partial charge in [-0.1, -0.05) is 60.7 Å². The number of nitrogens with one attached hydrogen (secondary N) is 1. The number of hydrogen-bond acceptors (Lipinski definition) is 3. The lowest BCUT2D eigenvalue weighted by Gasteiger charge is -2.25. The van der Waals surface area contributed by atoms with Crippen LogP contribution >= 0.6 is 0 Å². The summed E-state index contributed by atoms with van der Waals surface area (Å²) in [5.41, 5.74) is 0.474. The van der Waals surface area contributed by atoms with Gasteiger partial charge in [-0.05, 0) is 30.9 Å². The van der Waals surface area contributed by atoms with E-state index in [1.54, 1.807) is 0 Å². The molecule has 0 bridgehead atoms. The van der Waals surface area contributed by atoms with Crippen molar-refractivity contribution < 1.29 is 19.4 Å². The second kappa shape index (κ2) is 8.15. The number of aryl methyl sites for hydroxylation is 1. The van der Waals surface area contributed by atoms with Gasteiger partial charge >= 0.3 is 12.1 Å². The summed E-state index contributed by atoms with van der Waals surface area (Å²) in [5.74, 6) is -1.09. The van der Waals surface area contributed by atoms with Crippen LogP contribution in [0.2, 0.25) is 0 Å². The number of carbonyl (C=O) groups is 2. The summed E-state index contributed by atoms with van der Waals surface area (Å²) in [5, 5.41) is 11.9. The highest BCUT2D eigenvalue weighted by atomic mass is 16.5. The maximum atomic E-state index is 12.0. The van der Waals surface area contributed by atoms with Crippen LogP contribution in [0.15, 0.2) is 60.7 Å². The largest absolute Gasteiger partial charge is 0.480 e. The van der Waals surface area contributed by atoms with Crippen molar-refractivity contribution in [1.82, 2.24) is 5.32 Å². The fourth-order valence-electron chi connectivity index (χ4n) is 2.25. The highest BCUT2D eigenvalue weighted by molar-refractivity contribution is 5.83. The van der Waals surface area contributed by atoms with Crippen LogP contribution in [0.5, 0.6) is 0 Å². The maximum Gasteiger partial charge on any atom is 0.408 e. The second-order valence-electron chi connectivity index (χ2n) is 5.81. The number of hydrogen-bond donors (Lipinski definition) is 2. The summed E-state index contributed by atoms with van der Waals surface area (Å²) in [6.45, 7) is 1.59. The van der Waals surface area contributed by atoms with Crippen LogP contribution in [0.1, 0.15) is 24.5 Å². The molecule has 1 unspecified atom stereocenters. The first-order chi connectivity index (χ1) is 11.5. The third kappa shape index (κ3) is 5.12. The van der Waals surface area contributed by atoms with Crippen LogP contribution in [0.4, 0.5) is 4.79 Å². The Balaban J connectivity index is 1.91. The number of carboxylic acid groups (broad SMARTS) is 1. The topological polar surface area (TPSA) is 75.6 Å². The number of carboxylic acids is 1. The molecule has 1 amide bonds. The van der Waals surface area contributed by atoms with Gasteiger partial charge in [-0.25, -0.2) is 9.59 Å². The molecule has 0 radical (unpaired) electrons. The Morgan fingerprint density at radius 1 is 1.00 bits per heavy atom. The number of ether oxygens (including phenoxy) is 1. The summed E-state index contributed by atoms with van der Waals surface area (Å²) in [6.07, 6.45) is 0.0758. The molecule has 0 fully saturated rings. The van der Waals surface area contributed by atoms with E-state index in [0.717, 1.165) is 11.1 Å². The van der Waals surface area contributed by atoms with Crippen LogP contribution in [0.3, 0.4) is 0 Å². The standard InChI is InChI=1S/C19H21NO4/c1-19(17(21)22,13-12-15-8-4-2-5-9-15)20-18(23)24-14-16-10-6-3-7-11-16/h2-11H,12-14H2,1H3,(H,20,23)(H,21,22). The zero-order valence-corrected chi connectivity index (χ0v) is 13.6. The van der Waals surface area contributed by atoms with Crippen molar-refractivity contribution in [3.05, 3.63) is 71.8 Å². The van der Waals surface area contributed by atoms with E-state index in [-0.39, 0.29) is 13.0 Å². The number of aliphatic carboxylic acids is 1. The summed E-state index contributed by atoms with van der Waals surface area (Å²) < 4.78 is 5.11. The monoisotopic (exact) mass is 327 g/mol. The Labute approximate surface area is 141 Å². The lowest BCUT2D eigenvalue weighted by Crippen LogP contribution is -2.52. The minimum atomic E-state index is -1.39. The van der Waals surface area contributed by atoms with Gasteiger partial charge in [-0.15, -0.1) is 0 Å². The van der Waals surface area contributed by atoms with Crippen LogP contribution in [0.25, 0.3) is 0 Å². The van der Waals surface area contributed by atoms with Gasteiger partial charge in [0, 0.05) is 0 Å². The molecule has 0 aromatic heterocycles. The van der Waals surface area contributed by atoms with E-state index in [4.69, 9.17) is 4.74 Å². The zero-order chi connectivity index (χ0) is 17.4. The van der Waals surface area contributed by atoms with Gasteiger partial charge in [-0.3, -0.25) is 0 Å². The smallest absolute Gasteiger partial charge is 0.408 e. The first-order valence-electron chi connectivity index (χ1n) is 7.76. The van der Waals surface area contributed by atoms with E-state index in [0.29, 0.717) is 6.42 Å². The lowest BCUT2D eigenvalue weighted by molar-refractivity contribution is -0.144. The predicted octanol–water partition coefficient (Wildman–Crippen LogP) is 3.39. The summed E-state index contributed by atoms with van der Waals surface area (Å²) in [6, 6.07) is 18.8. The van der Waals surface area contributed by atoms with Crippen LogP contribution in [-0.2, 0) is 22.6 Å². The molecule has 2 rings (SSSR count). The van der Waals surface area contributed by atoms with E-state index < -0.39 is 17.6 Å². The van der Waals surface area contributed by atoms with Crippen molar-refractivity contribution in [3.63, 3.8) is 0 Å². The van der Waals surface area contributed by atoms with E-state index >= 15 is 0 Å². The average molecular weight is 327 g/mol. The van der Waals surface area contributed by atoms with Gasteiger partial charge in [0.15, 0.2) is 0 Å². The zero-order valence-electron chi connectivity index (χ0n) is 13.6. The number of amides is 1. The lowest BCUT2D eigenvalue weighted by atomic mass is 9.93. The van der Waals surface area contributed by atoms with Gasteiger partial charge in [0.05, 0.1) is 0 Å². The second-order valence-corrected chi connectivity index (χ2v) is 5.81. The molecule has 0 aliphatic heterocycles. The normalized spacial score (nSPS) is 12.9. The first kappa shape index (κ1) is 17.5. The van der Waals surface area contributed by atoms with Crippen molar-refractivity contribution in [2.24, 2.45) is 0 Å². The van der Waals surface area contributed by atoms with Gasteiger partial charge in [-0.2, -0.15) is 0 Å². The predicted molar refractivity (Wildman–Crippen MR) is 90.6 cm³/mol. The van der Waals surface area contributed by atoms with E-state index in [1.807, 2.05) is 60.7 Å². The average Bonchev–Trinajstić information content (AvgIpc) is 2.60. The Hall–Kier alpha value is -2.82. The third-order valence-electron chi connectivity index (χ3n) is 3.82. The molecule has 5 heteroatoms. The van der Waals surface area contributed by atoms with Crippen molar-refractivity contribution in [3.8, 4) is 0 Å². The minimum absolute atomic E-state index is 0.0983. The Kier molecular flexibility index (Phi) is 5.95. The maximum absolute atomic E-state index is 12.0. The van der Waals surface area contributed by atoms with Crippen LogP contribution < -0.4 is 5.32 Å². The van der Waals surface area contributed by atoms with Gasteiger partial charge in [0.2, 0.25) is 0 Å². The summed E-state index contributed by atoms with van der Waals surface area (Å²) in [7, 11) is 0. The Bertz CT molecular complexity index is 672. The first-order valence-corrected chi connectivity index (χ1v) is 7.76. The molecule has 2 aromatic carbocycles. The SMILES string of the molecule is CC(CCc1ccccc1)(NC(=O)OCc1ccccc1)C(=O)O. The fourth-order valence-corrected chi connectivity index (χ4v) is 2.25. The van der Waals surface area contributed by atoms with Crippen LogP contribution in [-0.4, -0.2) is 22.7 Å². The summed E-state index contributed by atoms with van der Waals surface area (Å²) in [4.78, 5) is 23.5.